The minimum absolute atomic E-state index is 0.155. The molecule has 2 aliphatic rings. The summed E-state index contributed by atoms with van der Waals surface area (Å²) in [5.74, 6) is -0.277. The van der Waals surface area contributed by atoms with Gasteiger partial charge in [-0.2, -0.15) is 0 Å². The molecule has 0 aromatic heterocycles. The second-order valence-electron chi connectivity index (χ2n) is 3.17. The van der Waals surface area contributed by atoms with Crippen LogP contribution in [0.15, 0.2) is 12.2 Å². The maximum Gasteiger partial charge on any atom is 0.309 e. The summed E-state index contributed by atoms with van der Waals surface area (Å²) in [7, 11) is 0. The summed E-state index contributed by atoms with van der Waals surface area (Å²) < 4.78 is 4.93. The van der Waals surface area contributed by atoms with Gasteiger partial charge in [0.05, 0.1) is 6.42 Å². The lowest BCUT2D eigenvalue weighted by atomic mass is 9.86. The lowest BCUT2D eigenvalue weighted by Crippen LogP contribution is -2.38. The molecule has 1 saturated heterocycles. The Morgan fingerprint density at radius 3 is 3.18 bits per heavy atom. The monoisotopic (exact) mass is 154 g/mol. The SMILES string of the molecule is O=C1CC2(O)CC=CCC2O1. The van der Waals surface area contributed by atoms with Gasteiger partial charge in [0.1, 0.15) is 11.7 Å². The fraction of sp³-hybridized carbons (Fsp3) is 0.625. The molecule has 0 aromatic carbocycles. The molecule has 1 N–H and O–H groups in total. The molecule has 3 heteroatoms. The fourth-order valence-corrected chi connectivity index (χ4v) is 1.65. The molecule has 0 spiro atoms. The number of fused-ring (bicyclic) bond motifs is 1. The smallest absolute Gasteiger partial charge is 0.309 e. The molecule has 0 saturated carbocycles. The quantitative estimate of drug-likeness (QED) is 0.405. The first-order valence-corrected chi connectivity index (χ1v) is 3.77. The normalized spacial score (nSPS) is 41.9. The zero-order chi connectivity index (χ0) is 7.90. The van der Waals surface area contributed by atoms with Gasteiger partial charge in [-0.25, -0.2) is 0 Å². The second kappa shape index (κ2) is 2.08. The second-order valence-corrected chi connectivity index (χ2v) is 3.17. The Morgan fingerprint density at radius 2 is 2.45 bits per heavy atom. The maximum atomic E-state index is 10.8. The summed E-state index contributed by atoms with van der Waals surface area (Å²) in [5, 5.41) is 9.78. The van der Waals surface area contributed by atoms with Crippen LogP contribution in [0.5, 0.6) is 0 Å². The van der Waals surface area contributed by atoms with Crippen LogP contribution in [0.2, 0.25) is 0 Å². The minimum atomic E-state index is -0.897. The highest BCUT2D eigenvalue weighted by Gasteiger charge is 2.47. The van der Waals surface area contributed by atoms with Crippen LogP contribution >= 0.6 is 0 Å². The molecular weight excluding hydrogens is 144 g/mol. The largest absolute Gasteiger partial charge is 0.459 e. The van der Waals surface area contributed by atoms with Crippen molar-refractivity contribution in [3.63, 3.8) is 0 Å². The van der Waals surface area contributed by atoms with Crippen LogP contribution in [0.1, 0.15) is 19.3 Å². The van der Waals surface area contributed by atoms with Gasteiger partial charge in [-0.1, -0.05) is 12.2 Å². The molecule has 2 rings (SSSR count). The molecule has 3 nitrogen and oxygen atoms in total. The summed E-state index contributed by atoms with van der Waals surface area (Å²) >= 11 is 0. The number of aliphatic hydroxyl groups is 1. The van der Waals surface area contributed by atoms with Crippen molar-refractivity contribution in [2.75, 3.05) is 0 Å². The Kier molecular flexibility index (Phi) is 1.29. The first-order chi connectivity index (χ1) is 5.21. The van der Waals surface area contributed by atoms with Crippen molar-refractivity contribution in [2.24, 2.45) is 0 Å². The van der Waals surface area contributed by atoms with E-state index in [-0.39, 0.29) is 18.5 Å². The van der Waals surface area contributed by atoms with E-state index in [2.05, 4.69) is 0 Å². The molecule has 2 unspecified atom stereocenters. The number of carbonyl (C=O) groups is 1. The molecule has 0 amide bonds. The van der Waals surface area contributed by atoms with Gasteiger partial charge in [-0.3, -0.25) is 4.79 Å². The Labute approximate surface area is 64.7 Å². The van der Waals surface area contributed by atoms with E-state index in [1.54, 1.807) is 0 Å². The zero-order valence-electron chi connectivity index (χ0n) is 6.12. The highest BCUT2D eigenvalue weighted by Crippen LogP contribution is 2.35. The predicted molar refractivity (Wildman–Crippen MR) is 37.8 cm³/mol. The van der Waals surface area contributed by atoms with Gasteiger partial charge < -0.3 is 9.84 Å². The third-order valence-electron chi connectivity index (χ3n) is 2.31. The number of ether oxygens (including phenoxy) is 1. The van der Waals surface area contributed by atoms with E-state index in [1.807, 2.05) is 12.2 Å². The summed E-state index contributed by atoms with van der Waals surface area (Å²) in [4.78, 5) is 10.8. The van der Waals surface area contributed by atoms with E-state index in [0.29, 0.717) is 12.8 Å². The lowest BCUT2D eigenvalue weighted by Gasteiger charge is -2.27. The van der Waals surface area contributed by atoms with Crippen molar-refractivity contribution in [3.8, 4) is 0 Å². The average Bonchev–Trinajstić information content (AvgIpc) is 2.22. The van der Waals surface area contributed by atoms with Gasteiger partial charge in [-0.15, -0.1) is 0 Å². The van der Waals surface area contributed by atoms with Crippen molar-refractivity contribution >= 4 is 5.97 Å². The Balaban J connectivity index is 2.24. The molecule has 1 heterocycles. The molecule has 2 atom stereocenters. The van der Waals surface area contributed by atoms with Gasteiger partial charge in [0.15, 0.2) is 0 Å². The summed E-state index contributed by atoms with van der Waals surface area (Å²) in [6, 6.07) is 0. The van der Waals surface area contributed by atoms with Gasteiger partial charge in [0.25, 0.3) is 0 Å². The van der Waals surface area contributed by atoms with E-state index < -0.39 is 5.60 Å². The molecular formula is C8H10O3. The third kappa shape index (κ3) is 0.959. The third-order valence-corrected chi connectivity index (χ3v) is 2.31. The van der Waals surface area contributed by atoms with Crippen molar-refractivity contribution in [3.05, 3.63) is 12.2 Å². The van der Waals surface area contributed by atoms with E-state index in [9.17, 15) is 9.90 Å². The number of hydrogen-bond donors (Lipinski definition) is 1. The van der Waals surface area contributed by atoms with E-state index >= 15 is 0 Å². The summed E-state index contributed by atoms with van der Waals surface area (Å²) in [6.07, 6.45) is 4.91. The highest BCUT2D eigenvalue weighted by molar-refractivity contribution is 5.74. The van der Waals surface area contributed by atoms with E-state index in [0.717, 1.165) is 0 Å². The van der Waals surface area contributed by atoms with Crippen LogP contribution in [-0.4, -0.2) is 22.8 Å². The zero-order valence-corrected chi connectivity index (χ0v) is 6.12. The molecule has 60 valence electrons. The van der Waals surface area contributed by atoms with E-state index in [1.165, 1.54) is 0 Å². The van der Waals surface area contributed by atoms with Crippen molar-refractivity contribution in [1.29, 1.82) is 0 Å². The van der Waals surface area contributed by atoms with Crippen LogP contribution in [0.3, 0.4) is 0 Å². The molecule has 0 aromatic rings. The summed E-state index contributed by atoms with van der Waals surface area (Å²) in [5.41, 5.74) is -0.897. The molecule has 1 aliphatic heterocycles. The van der Waals surface area contributed by atoms with Crippen molar-refractivity contribution in [2.45, 2.75) is 31.0 Å². The summed E-state index contributed by atoms with van der Waals surface area (Å²) in [6.45, 7) is 0. The molecule has 1 fully saturated rings. The predicted octanol–water partition coefficient (Wildman–Crippen LogP) is 0.383. The van der Waals surface area contributed by atoms with Gasteiger partial charge in [-0.05, 0) is 6.42 Å². The molecule has 11 heavy (non-hydrogen) atoms. The van der Waals surface area contributed by atoms with E-state index in [4.69, 9.17) is 4.74 Å². The van der Waals surface area contributed by atoms with Gasteiger partial charge in [0, 0.05) is 6.42 Å². The van der Waals surface area contributed by atoms with Crippen molar-refractivity contribution in [1.82, 2.24) is 0 Å². The van der Waals surface area contributed by atoms with Gasteiger partial charge in [0.2, 0.25) is 0 Å². The molecule has 1 aliphatic carbocycles. The Morgan fingerprint density at radius 1 is 1.64 bits per heavy atom. The number of rotatable bonds is 0. The van der Waals surface area contributed by atoms with Gasteiger partial charge >= 0.3 is 5.97 Å². The topological polar surface area (TPSA) is 46.5 Å². The number of esters is 1. The Hall–Kier alpha value is -0.830. The Bertz CT molecular complexity index is 221. The lowest BCUT2D eigenvalue weighted by molar-refractivity contribution is -0.142. The standard InChI is InChI=1S/C8H10O3/c9-7-5-8(10)4-2-1-3-6(8)11-7/h1-2,6,10H,3-5H2. The first-order valence-electron chi connectivity index (χ1n) is 3.77. The molecule has 0 radical (unpaired) electrons. The van der Waals surface area contributed by atoms with Crippen LogP contribution in [0, 0.1) is 0 Å². The molecule has 0 bridgehead atoms. The van der Waals surface area contributed by atoms with Crippen LogP contribution in [-0.2, 0) is 9.53 Å². The van der Waals surface area contributed by atoms with Crippen LogP contribution in [0.4, 0.5) is 0 Å². The first kappa shape index (κ1) is 6.85. The van der Waals surface area contributed by atoms with Crippen LogP contribution < -0.4 is 0 Å². The maximum absolute atomic E-state index is 10.8. The highest BCUT2D eigenvalue weighted by atomic mass is 16.6. The number of carbonyl (C=O) groups excluding carboxylic acids is 1. The van der Waals surface area contributed by atoms with Crippen LogP contribution in [0.25, 0.3) is 0 Å². The number of hydrogen-bond acceptors (Lipinski definition) is 3. The average molecular weight is 154 g/mol. The van der Waals surface area contributed by atoms with Crippen molar-refractivity contribution < 1.29 is 14.6 Å². The fourth-order valence-electron chi connectivity index (χ4n) is 1.65. The minimum Gasteiger partial charge on any atom is -0.459 e.